The molecule has 0 aromatic rings. The van der Waals surface area contributed by atoms with Crippen molar-refractivity contribution >= 4 is 6.16 Å². The molecule has 0 amide bonds. The van der Waals surface area contributed by atoms with E-state index in [0.717, 1.165) is 12.8 Å². The van der Waals surface area contributed by atoms with E-state index in [-0.39, 0.29) is 6.61 Å². The quantitative estimate of drug-likeness (QED) is 0.507. The third kappa shape index (κ3) is 10.4. The maximum Gasteiger partial charge on any atom is 0.506 e. The van der Waals surface area contributed by atoms with E-state index in [2.05, 4.69) is 13.0 Å². The molecule has 0 aliphatic heterocycles. The molecule has 0 radical (unpaired) electrons. The zero-order chi connectivity index (χ0) is 15.3. The Kier molecular flexibility index (Phi) is 10.0. The molecule has 0 spiro atoms. The summed E-state index contributed by atoms with van der Waals surface area (Å²) in [6.45, 7) is 2.48. The SMILES string of the molecule is C[C@H]1/C=C(\COC(=O)O)CCCCCCCCCCCC1. The van der Waals surface area contributed by atoms with Crippen molar-refractivity contribution in [3.05, 3.63) is 11.6 Å². The number of rotatable bonds is 2. The van der Waals surface area contributed by atoms with Crippen molar-refractivity contribution < 1.29 is 14.6 Å². The van der Waals surface area contributed by atoms with Gasteiger partial charge in [-0.2, -0.15) is 0 Å². The predicted molar refractivity (Wildman–Crippen MR) is 86.6 cm³/mol. The molecule has 0 saturated carbocycles. The summed E-state index contributed by atoms with van der Waals surface area (Å²) in [6.07, 6.45) is 16.5. The number of hydrogen-bond donors (Lipinski definition) is 1. The molecule has 3 nitrogen and oxygen atoms in total. The minimum atomic E-state index is -1.17. The van der Waals surface area contributed by atoms with Gasteiger partial charge in [0.2, 0.25) is 0 Å². The highest BCUT2D eigenvalue weighted by molar-refractivity contribution is 5.57. The van der Waals surface area contributed by atoms with E-state index in [1.54, 1.807) is 0 Å². The van der Waals surface area contributed by atoms with Crippen molar-refractivity contribution in [3.63, 3.8) is 0 Å². The summed E-state index contributed by atoms with van der Waals surface area (Å²) < 4.78 is 4.77. The van der Waals surface area contributed by atoms with Crippen LogP contribution in [0.5, 0.6) is 0 Å². The van der Waals surface area contributed by atoms with E-state index in [9.17, 15) is 4.79 Å². The van der Waals surface area contributed by atoms with Gasteiger partial charge in [0.05, 0.1) is 0 Å². The van der Waals surface area contributed by atoms with Crippen molar-refractivity contribution in [1.29, 1.82) is 0 Å². The normalized spacial score (nSPS) is 26.0. The van der Waals surface area contributed by atoms with Gasteiger partial charge in [-0.3, -0.25) is 0 Å². The molecule has 0 fully saturated rings. The second-order valence-electron chi connectivity index (χ2n) is 6.43. The Labute approximate surface area is 129 Å². The van der Waals surface area contributed by atoms with Crippen LogP contribution in [0.2, 0.25) is 0 Å². The summed E-state index contributed by atoms with van der Waals surface area (Å²) in [4.78, 5) is 10.6. The molecule has 1 aliphatic rings. The molecule has 3 heteroatoms. The van der Waals surface area contributed by atoms with Gasteiger partial charge in [0.1, 0.15) is 6.61 Å². The third-order valence-corrected chi connectivity index (χ3v) is 4.31. The first kappa shape index (κ1) is 18.1. The van der Waals surface area contributed by atoms with Gasteiger partial charge in [-0.1, -0.05) is 70.8 Å². The number of allylic oxidation sites excluding steroid dienone is 1. The fraction of sp³-hybridized carbons (Fsp3) is 0.833. The first-order valence-electron chi connectivity index (χ1n) is 8.74. The van der Waals surface area contributed by atoms with Gasteiger partial charge >= 0.3 is 6.16 Å². The van der Waals surface area contributed by atoms with Crippen LogP contribution in [0.15, 0.2) is 11.6 Å². The lowest BCUT2D eigenvalue weighted by Gasteiger charge is -2.11. The van der Waals surface area contributed by atoms with E-state index in [1.165, 1.54) is 69.8 Å². The van der Waals surface area contributed by atoms with Gasteiger partial charge in [0, 0.05) is 0 Å². The molecule has 1 rings (SSSR count). The van der Waals surface area contributed by atoms with Gasteiger partial charge in [-0.05, 0) is 30.8 Å². The van der Waals surface area contributed by atoms with Crippen molar-refractivity contribution in [3.8, 4) is 0 Å². The molecule has 0 unspecified atom stereocenters. The van der Waals surface area contributed by atoms with E-state index < -0.39 is 6.16 Å². The van der Waals surface area contributed by atoms with Gasteiger partial charge < -0.3 is 9.84 Å². The van der Waals surface area contributed by atoms with Crippen LogP contribution in [-0.4, -0.2) is 17.9 Å². The van der Waals surface area contributed by atoms with Crippen LogP contribution < -0.4 is 0 Å². The second kappa shape index (κ2) is 11.6. The van der Waals surface area contributed by atoms with Crippen molar-refractivity contribution in [1.82, 2.24) is 0 Å². The topological polar surface area (TPSA) is 46.5 Å². The first-order valence-corrected chi connectivity index (χ1v) is 8.74. The van der Waals surface area contributed by atoms with Gasteiger partial charge in [0.15, 0.2) is 0 Å². The van der Waals surface area contributed by atoms with E-state index >= 15 is 0 Å². The van der Waals surface area contributed by atoms with Gasteiger partial charge in [-0.15, -0.1) is 0 Å². The Balaban J connectivity index is 2.48. The highest BCUT2D eigenvalue weighted by Crippen LogP contribution is 2.19. The molecular weight excluding hydrogens is 264 g/mol. The Bertz CT molecular complexity index is 310. The van der Waals surface area contributed by atoms with E-state index in [1.807, 2.05) is 0 Å². The predicted octanol–water partition coefficient (Wildman–Crippen LogP) is 5.94. The van der Waals surface area contributed by atoms with Gasteiger partial charge in [-0.25, -0.2) is 4.79 Å². The molecule has 0 heterocycles. The monoisotopic (exact) mass is 296 g/mol. The Morgan fingerprint density at radius 2 is 1.57 bits per heavy atom. The van der Waals surface area contributed by atoms with Crippen molar-refractivity contribution in [2.75, 3.05) is 6.61 Å². The highest BCUT2D eigenvalue weighted by Gasteiger charge is 2.06. The average molecular weight is 296 g/mol. The minimum absolute atomic E-state index is 0.250. The number of carboxylic acid groups (broad SMARTS) is 1. The highest BCUT2D eigenvalue weighted by atomic mass is 16.7. The largest absolute Gasteiger partial charge is 0.506 e. The third-order valence-electron chi connectivity index (χ3n) is 4.31. The summed E-state index contributed by atoms with van der Waals surface area (Å²) in [6, 6.07) is 0. The second-order valence-corrected chi connectivity index (χ2v) is 6.43. The Morgan fingerprint density at radius 3 is 2.14 bits per heavy atom. The lowest BCUT2D eigenvalue weighted by atomic mass is 9.98. The van der Waals surface area contributed by atoms with Crippen molar-refractivity contribution in [2.45, 2.75) is 84.0 Å². The number of ether oxygens (including phenoxy) is 1. The number of carbonyl (C=O) groups is 1. The summed E-state index contributed by atoms with van der Waals surface area (Å²) in [5.41, 5.74) is 1.17. The summed E-state index contributed by atoms with van der Waals surface area (Å²) in [5.74, 6) is 0.530. The lowest BCUT2D eigenvalue weighted by Crippen LogP contribution is -2.06. The van der Waals surface area contributed by atoms with E-state index in [0.29, 0.717) is 5.92 Å². The molecule has 1 N–H and O–H groups in total. The Morgan fingerprint density at radius 1 is 1.05 bits per heavy atom. The maximum atomic E-state index is 10.6. The molecule has 21 heavy (non-hydrogen) atoms. The van der Waals surface area contributed by atoms with Crippen LogP contribution in [0.1, 0.15) is 84.0 Å². The molecule has 0 aromatic heterocycles. The first-order chi connectivity index (χ1) is 10.2. The lowest BCUT2D eigenvalue weighted by molar-refractivity contribution is 0.0987. The average Bonchev–Trinajstić information content (AvgIpc) is 2.45. The minimum Gasteiger partial charge on any atom is -0.450 e. The maximum absolute atomic E-state index is 10.6. The van der Waals surface area contributed by atoms with Crippen LogP contribution in [0.3, 0.4) is 0 Å². The molecule has 122 valence electrons. The summed E-state index contributed by atoms with van der Waals surface area (Å²) >= 11 is 0. The fourth-order valence-electron chi connectivity index (χ4n) is 3.08. The molecule has 0 saturated heterocycles. The number of hydrogen-bond acceptors (Lipinski definition) is 2. The Hall–Kier alpha value is -0.990. The van der Waals surface area contributed by atoms with Crippen molar-refractivity contribution in [2.24, 2.45) is 5.92 Å². The van der Waals surface area contributed by atoms with E-state index in [4.69, 9.17) is 9.84 Å². The molecule has 0 bridgehead atoms. The van der Waals surface area contributed by atoms with Crippen LogP contribution >= 0.6 is 0 Å². The fourth-order valence-corrected chi connectivity index (χ4v) is 3.08. The molecule has 1 aliphatic carbocycles. The molecular formula is C18H32O3. The molecule has 0 aromatic carbocycles. The molecule has 1 atom stereocenters. The zero-order valence-electron chi connectivity index (χ0n) is 13.6. The summed E-state index contributed by atoms with van der Waals surface area (Å²) in [7, 11) is 0. The van der Waals surface area contributed by atoms with Crippen LogP contribution in [-0.2, 0) is 4.74 Å². The van der Waals surface area contributed by atoms with Crippen LogP contribution in [0.4, 0.5) is 4.79 Å². The standard InChI is InChI=1S/C18H32O3/c1-16-12-10-8-6-4-2-3-5-7-9-11-13-17(14-16)15-21-18(19)20/h14,16H,2-13,15H2,1H3,(H,19,20)/b17-14-/t16-/m1/s1. The summed E-state index contributed by atoms with van der Waals surface area (Å²) in [5, 5.41) is 8.67. The van der Waals surface area contributed by atoms with Crippen LogP contribution in [0.25, 0.3) is 0 Å². The van der Waals surface area contributed by atoms with Crippen LogP contribution in [0, 0.1) is 5.92 Å². The smallest absolute Gasteiger partial charge is 0.450 e. The zero-order valence-corrected chi connectivity index (χ0v) is 13.6. The van der Waals surface area contributed by atoms with Gasteiger partial charge in [0.25, 0.3) is 0 Å².